The van der Waals surface area contributed by atoms with Gasteiger partial charge in [0.15, 0.2) is 0 Å². The standard InChI is InChI=1S/C15H21N5O/c1-10-5-13(3-4-16-10)17-8-12-6-11(7-14(12)21)15-19-18-9-20(15)2/h3-5,9,11-12,14,21H,6-8H2,1-2H3,(H,16,17)/t11-,12+,14+/m0/s1. The predicted octanol–water partition coefficient (Wildman–Crippen LogP) is 1.49. The van der Waals surface area contributed by atoms with E-state index in [1.807, 2.05) is 30.7 Å². The van der Waals surface area contributed by atoms with Crippen molar-refractivity contribution in [2.45, 2.75) is 31.8 Å². The van der Waals surface area contributed by atoms with Crippen molar-refractivity contribution in [1.29, 1.82) is 0 Å². The number of aromatic nitrogens is 4. The lowest BCUT2D eigenvalue weighted by Gasteiger charge is -2.16. The van der Waals surface area contributed by atoms with Crippen LogP contribution in [0.4, 0.5) is 5.69 Å². The summed E-state index contributed by atoms with van der Waals surface area (Å²) >= 11 is 0. The minimum Gasteiger partial charge on any atom is -0.393 e. The van der Waals surface area contributed by atoms with Gasteiger partial charge in [-0.1, -0.05) is 0 Å². The molecule has 3 atom stereocenters. The van der Waals surface area contributed by atoms with Crippen LogP contribution in [0.3, 0.4) is 0 Å². The van der Waals surface area contributed by atoms with Gasteiger partial charge >= 0.3 is 0 Å². The summed E-state index contributed by atoms with van der Waals surface area (Å²) in [6.45, 7) is 2.73. The molecule has 6 nitrogen and oxygen atoms in total. The molecule has 2 aromatic rings. The third kappa shape index (κ3) is 3.05. The number of nitrogens with one attached hydrogen (secondary N) is 1. The summed E-state index contributed by atoms with van der Waals surface area (Å²) in [7, 11) is 1.95. The molecule has 0 saturated heterocycles. The van der Waals surface area contributed by atoms with Crippen LogP contribution in [0.5, 0.6) is 0 Å². The Hall–Kier alpha value is -1.95. The molecule has 0 aliphatic heterocycles. The molecule has 0 amide bonds. The summed E-state index contributed by atoms with van der Waals surface area (Å²) in [4.78, 5) is 4.18. The van der Waals surface area contributed by atoms with Gasteiger partial charge in [0.1, 0.15) is 12.2 Å². The average molecular weight is 287 g/mol. The van der Waals surface area contributed by atoms with Crippen LogP contribution in [0.25, 0.3) is 0 Å². The molecule has 112 valence electrons. The highest BCUT2D eigenvalue weighted by molar-refractivity contribution is 5.43. The van der Waals surface area contributed by atoms with E-state index in [9.17, 15) is 5.11 Å². The molecule has 2 heterocycles. The number of hydrogen-bond acceptors (Lipinski definition) is 5. The highest BCUT2D eigenvalue weighted by Crippen LogP contribution is 2.37. The van der Waals surface area contributed by atoms with Gasteiger partial charge in [-0.05, 0) is 31.9 Å². The molecule has 1 aliphatic rings. The molecule has 0 spiro atoms. The van der Waals surface area contributed by atoms with Gasteiger partial charge in [0, 0.05) is 43.0 Å². The quantitative estimate of drug-likeness (QED) is 0.891. The number of nitrogens with zero attached hydrogens (tertiary/aromatic N) is 4. The van der Waals surface area contributed by atoms with Crippen molar-refractivity contribution >= 4 is 5.69 Å². The van der Waals surface area contributed by atoms with E-state index in [0.29, 0.717) is 5.92 Å². The summed E-state index contributed by atoms with van der Waals surface area (Å²) < 4.78 is 1.94. The second-order valence-electron chi connectivity index (χ2n) is 5.86. The first kappa shape index (κ1) is 14.0. The van der Waals surface area contributed by atoms with Crippen molar-refractivity contribution in [3.05, 3.63) is 36.2 Å². The molecule has 3 rings (SSSR count). The highest BCUT2D eigenvalue weighted by atomic mass is 16.3. The Kier molecular flexibility index (Phi) is 3.88. The van der Waals surface area contributed by atoms with Crippen molar-refractivity contribution in [3.63, 3.8) is 0 Å². The molecule has 1 fully saturated rings. The van der Waals surface area contributed by atoms with E-state index in [4.69, 9.17) is 0 Å². The van der Waals surface area contributed by atoms with E-state index < -0.39 is 0 Å². The third-order valence-electron chi connectivity index (χ3n) is 4.23. The molecule has 1 saturated carbocycles. The van der Waals surface area contributed by atoms with E-state index >= 15 is 0 Å². The van der Waals surface area contributed by atoms with Crippen molar-refractivity contribution in [2.24, 2.45) is 13.0 Å². The number of pyridine rings is 1. The lowest BCUT2D eigenvalue weighted by molar-refractivity contribution is 0.137. The van der Waals surface area contributed by atoms with Crippen LogP contribution in [0, 0.1) is 12.8 Å². The number of aliphatic hydroxyl groups is 1. The van der Waals surface area contributed by atoms with Crippen LogP contribution >= 0.6 is 0 Å². The fourth-order valence-electron chi connectivity index (χ4n) is 3.10. The number of aliphatic hydroxyl groups excluding tert-OH is 1. The summed E-state index contributed by atoms with van der Waals surface area (Å²) in [5.74, 6) is 1.50. The smallest absolute Gasteiger partial charge is 0.135 e. The summed E-state index contributed by atoms with van der Waals surface area (Å²) in [5, 5.41) is 21.8. The van der Waals surface area contributed by atoms with Crippen LogP contribution in [0.2, 0.25) is 0 Å². The maximum Gasteiger partial charge on any atom is 0.135 e. The Morgan fingerprint density at radius 3 is 3.00 bits per heavy atom. The van der Waals surface area contributed by atoms with E-state index in [1.54, 1.807) is 12.5 Å². The van der Waals surface area contributed by atoms with Crippen molar-refractivity contribution in [3.8, 4) is 0 Å². The molecular weight excluding hydrogens is 266 g/mol. The first-order chi connectivity index (χ1) is 10.1. The monoisotopic (exact) mass is 287 g/mol. The Bertz CT molecular complexity index is 612. The van der Waals surface area contributed by atoms with Gasteiger partial charge in [0.05, 0.1) is 6.10 Å². The zero-order valence-corrected chi connectivity index (χ0v) is 12.4. The second-order valence-corrected chi connectivity index (χ2v) is 5.86. The lowest BCUT2D eigenvalue weighted by Crippen LogP contribution is -2.21. The van der Waals surface area contributed by atoms with E-state index in [-0.39, 0.29) is 12.0 Å². The Balaban J connectivity index is 1.61. The molecule has 0 radical (unpaired) electrons. The highest BCUT2D eigenvalue weighted by Gasteiger charge is 2.35. The largest absolute Gasteiger partial charge is 0.393 e. The van der Waals surface area contributed by atoms with Gasteiger partial charge in [-0.15, -0.1) is 10.2 Å². The Morgan fingerprint density at radius 2 is 2.29 bits per heavy atom. The maximum absolute atomic E-state index is 10.3. The van der Waals surface area contributed by atoms with Gasteiger partial charge in [-0.3, -0.25) is 4.98 Å². The number of anilines is 1. The number of aryl methyl sites for hydroxylation is 2. The molecule has 6 heteroatoms. The first-order valence-corrected chi connectivity index (χ1v) is 7.32. The first-order valence-electron chi connectivity index (χ1n) is 7.32. The van der Waals surface area contributed by atoms with Crippen LogP contribution < -0.4 is 5.32 Å². The molecule has 2 N–H and O–H groups in total. The van der Waals surface area contributed by atoms with Gasteiger partial charge in [-0.25, -0.2) is 0 Å². The second kappa shape index (κ2) is 5.81. The normalized spacial score (nSPS) is 25.2. The van der Waals surface area contributed by atoms with Gasteiger partial charge in [-0.2, -0.15) is 0 Å². The van der Waals surface area contributed by atoms with Crippen molar-refractivity contribution < 1.29 is 5.11 Å². The van der Waals surface area contributed by atoms with Crippen LogP contribution in [0.1, 0.15) is 30.3 Å². The van der Waals surface area contributed by atoms with E-state index in [1.165, 1.54) is 0 Å². The number of hydrogen-bond donors (Lipinski definition) is 2. The number of rotatable bonds is 4. The third-order valence-corrected chi connectivity index (χ3v) is 4.23. The summed E-state index contributed by atoms with van der Waals surface area (Å²) in [5.41, 5.74) is 2.04. The molecular formula is C15H21N5O. The zero-order chi connectivity index (χ0) is 14.8. The SMILES string of the molecule is Cc1cc(NC[C@H]2C[C@H](c3nncn3C)C[C@H]2O)ccn1. The fourth-order valence-corrected chi connectivity index (χ4v) is 3.10. The Labute approximate surface area is 124 Å². The topological polar surface area (TPSA) is 75.9 Å². The summed E-state index contributed by atoms with van der Waals surface area (Å²) in [6, 6.07) is 3.97. The zero-order valence-electron chi connectivity index (χ0n) is 12.4. The predicted molar refractivity (Wildman–Crippen MR) is 79.9 cm³/mol. The van der Waals surface area contributed by atoms with Crippen molar-refractivity contribution in [2.75, 3.05) is 11.9 Å². The minimum absolute atomic E-state index is 0.236. The van der Waals surface area contributed by atoms with Gasteiger partial charge < -0.3 is 15.0 Å². The van der Waals surface area contributed by atoms with Crippen LogP contribution in [-0.4, -0.2) is 37.5 Å². The fraction of sp³-hybridized carbons (Fsp3) is 0.533. The molecule has 0 bridgehead atoms. The minimum atomic E-state index is -0.290. The maximum atomic E-state index is 10.3. The van der Waals surface area contributed by atoms with Gasteiger partial charge in [0.2, 0.25) is 0 Å². The van der Waals surface area contributed by atoms with Crippen LogP contribution in [-0.2, 0) is 7.05 Å². The summed E-state index contributed by atoms with van der Waals surface area (Å²) in [6.07, 6.45) is 4.92. The average Bonchev–Trinajstić information content (AvgIpc) is 3.02. The Morgan fingerprint density at radius 1 is 1.43 bits per heavy atom. The van der Waals surface area contributed by atoms with E-state index in [2.05, 4.69) is 20.5 Å². The molecule has 1 aliphatic carbocycles. The molecule has 0 aromatic carbocycles. The van der Waals surface area contributed by atoms with Gasteiger partial charge in [0.25, 0.3) is 0 Å². The molecule has 0 unspecified atom stereocenters. The molecule has 21 heavy (non-hydrogen) atoms. The van der Waals surface area contributed by atoms with Crippen molar-refractivity contribution in [1.82, 2.24) is 19.7 Å². The molecule has 2 aromatic heterocycles. The van der Waals surface area contributed by atoms with E-state index in [0.717, 1.165) is 36.6 Å². The van der Waals surface area contributed by atoms with Crippen LogP contribution in [0.15, 0.2) is 24.7 Å². The lowest BCUT2D eigenvalue weighted by atomic mass is 10.0.